The quantitative estimate of drug-likeness (QED) is 0.821. The molecule has 5 nitrogen and oxygen atoms in total. The predicted molar refractivity (Wildman–Crippen MR) is 95.3 cm³/mol. The second-order valence-corrected chi connectivity index (χ2v) is 7.79. The van der Waals surface area contributed by atoms with Crippen molar-refractivity contribution in [3.05, 3.63) is 23.2 Å². The van der Waals surface area contributed by atoms with Gasteiger partial charge in [0, 0.05) is 18.1 Å². The lowest BCUT2D eigenvalue weighted by Crippen LogP contribution is -2.40. The molecule has 8 heteroatoms. The number of sulfonamides is 1. The molecule has 1 saturated heterocycles. The van der Waals surface area contributed by atoms with E-state index in [1.165, 1.54) is 17.5 Å². The van der Waals surface area contributed by atoms with Crippen LogP contribution in [0.5, 0.6) is 5.75 Å². The molecule has 1 N–H and O–H groups in total. The number of methoxy groups -OCH3 is 1. The highest BCUT2D eigenvalue weighted by Gasteiger charge is 2.31. The minimum Gasteiger partial charge on any atom is -0.495 e. The van der Waals surface area contributed by atoms with E-state index in [0.29, 0.717) is 29.8 Å². The molecule has 1 aromatic rings. The van der Waals surface area contributed by atoms with E-state index in [2.05, 4.69) is 12.2 Å². The fourth-order valence-electron chi connectivity index (χ4n) is 2.69. The van der Waals surface area contributed by atoms with E-state index in [1.807, 2.05) is 0 Å². The zero-order valence-corrected chi connectivity index (χ0v) is 15.8. The van der Waals surface area contributed by atoms with E-state index < -0.39 is 10.0 Å². The van der Waals surface area contributed by atoms with E-state index in [1.54, 1.807) is 12.1 Å². The third kappa shape index (κ3) is 4.97. The lowest BCUT2D eigenvalue weighted by molar-refractivity contribution is 0.267. The van der Waals surface area contributed by atoms with Crippen molar-refractivity contribution in [3.8, 4) is 5.75 Å². The maximum atomic E-state index is 12.8. The van der Waals surface area contributed by atoms with Gasteiger partial charge in [0.1, 0.15) is 10.6 Å². The highest BCUT2D eigenvalue weighted by Crippen LogP contribution is 2.31. The monoisotopic (exact) mass is 382 g/mol. The number of nitrogens with one attached hydrogen (secondary N) is 1. The van der Waals surface area contributed by atoms with Crippen LogP contribution in [0.25, 0.3) is 0 Å². The summed E-state index contributed by atoms with van der Waals surface area (Å²) in [5.41, 5.74) is 0. The predicted octanol–water partition coefficient (Wildman–Crippen LogP) is 2.78. The van der Waals surface area contributed by atoms with E-state index in [4.69, 9.17) is 16.3 Å². The van der Waals surface area contributed by atoms with Gasteiger partial charge in [-0.05, 0) is 50.0 Å². The lowest BCUT2D eigenvalue weighted by atomic mass is 9.98. The minimum atomic E-state index is -3.57. The Morgan fingerprint density at radius 2 is 2.00 bits per heavy atom. The molecule has 132 valence electrons. The van der Waals surface area contributed by atoms with Crippen molar-refractivity contribution in [2.24, 2.45) is 5.92 Å². The highest BCUT2D eigenvalue weighted by molar-refractivity contribution is 7.89. The number of benzene rings is 1. The van der Waals surface area contributed by atoms with Gasteiger partial charge < -0.3 is 10.1 Å². The smallest absolute Gasteiger partial charge is 0.246 e. The molecule has 0 saturated carbocycles. The number of halogens is 2. The SMILES string of the molecule is CCNCC1CCN(S(=O)(=O)c2cc(Cl)ccc2OC)CC1.Cl. The standard InChI is InChI=1S/C15H23ClN2O3S.ClH/c1-3-17-11-12-6-8-18(9-7-12)22(19,20)15-10-13(16)4-5-14(15)21-2;/h4-5,10,12,17H,3,6-9,11H2,1-2H3;1H. The molecule has 0 bridgehead atoms. The van der Waals surface area contributed by atoms with Crippen molar-refractivity contribution >= 4 is 34.0 Å². The van der Waals surface area contributed by atoms with Gasteiger partial charge in [0.05, 0.1) is 7.11 Å². The van der Waals surface area contributed by atoms with Gasteiger partial charge in [-0.15, -0.1) is 12.4 Å². The van der Waals surface area contributed by atoms with Gasteiger partial charge in [-0.1, -0.05) is 18.5 Å². The van der Waals surface area contributed by atoms with Crippen LogP contribution in [0.15, 0.2) is 23.1 Å². The first-order chi connectivity index (χ1) is 10.5. The Balaban J connectivity index is 0.00000264. The average Bonchev–Trinajstić information content (AvgIpc) is 2.53. The molecule has 23 heavy (non-hydrogen) atoms. The van der Waals surface area contributed by atoms with Crippen LogP contribution in [0.1, 0.15) is 19.8 Å². The van der Waals surface area contributed by atoms with E-state index in [-0.39, 0.29) is 17.3 Å². The molecule has 2 rings (SSSR count). The first kappa shape index (κ1) is 20.5. The molecule has 0 spiro atoms. The van der Waals surface area contributed by atoms with Crippen LogP contribution in [0.4, 0.5) is 0 Å². The number of rotatable bonds is 6. The van der Waals surface area contributed by atoms with Crippen LogP contribution >= 0.6 is 24.0 Å². The molecule has 0 aromatic heterocycles. The molecule has 0 amide bonds. The van der Waals surface area contributed by atoms with E-state index in [0.717, 1.165) is 25.9 Å². The maximum absolute atomic E-state index is 12.8. The first-order valence-electron chi connectivity index (χ1n) is 7.53. The third-order valence-corrected chi connectivity index (χ3v) is 6.15. The summed E-state index contributed by atoms with van der Waals surface area (Å²) >= 11 is 5.95. The van der Waals surface area contributed by atoms with E-state index in [9.17, 15) is 8.42 Å². The Morgan fingerprint density at radius 3 is 2.57 bits per heavy atom. The van der Waals surface area contributed by atoms with Crippen LogP contribution in [-0.4, -0.2) is 46.0 Å². The Labute approximate surface area is 149 Å². The highest BCUT2D eigenvalue weighted by atomic mass is 35.5. The van der Waals surface area contributed by atoms with Crippen molar-refractivity contribution in [2.75, 3.05) is 33.3 Å². The average molecular weight is 383 g/mol. The molecular formula is C15H24Cl2N2O3S. The van der Waals surface area contributed by atoms with Gasteiger partial charge in [0.15, 0.2) is 0 Å². The van der Waals surface area contributed by atoms with Crippen LogP contribution < -0.4 is 10.1 Å². The van der Waals surface area contributed by atoms with Gasteiger partial charge in [-0.25, -0.2) is 8.42 Å². The maximum Gasteiger partial charge on any atom is 0.246 e. The summed E-state index contributed by atoms with van der Waals surface area (Å²) < 4.78 is 32.3. The summed E-state index contributed by atoms with van der Waals surface area (Å²) in [6, 6.07) is 4.68. The molecule has 0 unspecified atom stereocenters. The van der Waals surface area contributed by atoms with Gasteiger partial charge >= 0.3 is 0 Å². The summed E-state index contributed by atoms with van der Waals surface area (Å²) in [4.78, 5) is 0.146. The Bertz CT molecular complexity index is 603. The Morgan fingerprint density at radius 1 is 1.35 bits per heavy atom. The molecule has 1 aliphatic heterocycles. The number of hydrogen-bond acceptors (Lipinski definition) is 4. The number of piperidine rings is 1. The molecule has 0 aliphatic carbocycles. The molecule has 1 aliphatic rings. The molecule has 0 radical (unpaired) electrons. The lowest BCUT2D eigenvalue weighted by Gasteiger charge is -2.31. The number of ether oxygens (including phenoxy) is 1. The second kappa shape index (κ2) is 9.08. The summed E-state index contributed by atoms with van der Waals surface area (Å²) in [7, 11) is -2.10. The van der Waals surface area contributed by atoms with Gasteiger partial charge in [-0.2, -0.15) is 4.31 Å². The van der Waals surface area contributed by atoms with Crippen molar-refractivity contribution < 1.29 is 13.2 Å². The Hall–Kier alpha value is -0.530. The fraction of sp³-hybridized carbons (Fsp3) is 0.600. The molecular weight excluding hydrogens is 359 g/mol. The molecule has 1 heterocycles. The van der Waals surface area contributed by atoms with Crippen LogP contribution in [0.3, 0.4) is 0 Å². The summed E-state index contributed by atoms with van der Waals surface area (Å²) in [5, 5.41) is 3.71. The van der Waals surface area contributed by atoms with Gasteiger partial charge in [0.2, 0.25) is 10.0 Å². The summed E-state index contributed by atoms with van der Waals surface area (Å²) in [5.74, 6) is 0.867. The fourth-order valence-corrected chi connectivity index (χ4v) is 4.58. The number of nitrogens with zero attached hydrogens (tertiary/aromatic N) is 1. The number of hydrogen-bond donors (Lipinski definition) is 1. The molecule has 1 fully saturated rings. The van der Waals surface area contributed by atoms with Crippen molar-refractivity contribution in [2.45, 2.75) is 24.7 Å². The topological polar surface area (TPSA) is 58.6 Å². The third-order valence-electron chi connectivity index (χ3n) is 4.00. The largest absolute Gasteiger partial charge is 0.495 e. The molecule has 0 atom stereocenters. The van der Waals surface area contributed by atoms with Crippen LogP contribution in [-0.2, 0) is 10.0 Å². The minimum absolute atomic E-state index is 0. The van der Waals surface area contributed by atoms with Crippen molar-refractivity contribution in [3.63, 3.8) is 0 Å². The summed E-state index contributed by atoms with van der Waals surface area (Å²) in [6.45, 7) is 5.04. The van der Waals surface area contributed by atoms with Gasteiger partial charge in [0.25, 0.3) is 0 Å². The van der Waals surface area contributed by atoms with Crippen LogP contribution in [0.2, 0.25) is 5.02 Å². The second-order valence-electron chi connectivity index (χ2n) is 5.45. The van der Waals surface area contributed by atoms with Gasteiger partial charge in [-0.3, -0.25) is 0 Å². The molecule has 1 aromatic carbocycles. The van der Waals surface area contributed by atoms with Crippen molar-refractivity contribution in [1.82, 2.24) is 9.62 Å². The zero-order valence-electron chi connectivity index (χ0n) is 13.4. The Kier molecular flexibility index (Phi) is 8.10. The van der Waals surface area contributed by atoms with E-state index >= 15 is 0 Å². The van der Waals surface area contributed by atoms with Crippen LogP contribution in [0, 0.1) is 5.92 Å². The zero-order chi connectivity index (χ0) is 16.2. The summed E-state index contributed by atoms with van der Waals surface area (Å²) in [6.07, 6.45) is 1.74. The normalized spacial score (nSPS) is 16.8. The first-order valence-corrected chi connectivity index (χ1v) is 9.35. The van der Waals surface area contributed by atoms with Crippen molar-refractivity contribution in [1.29, 1.82) is 0 Å².